The first kappa shape index (κ1) is 14.3. The zero-order valence-corrected chi connectivity index (χ0v) is 13.4. The van der Waals surface area contributed by atoms with E-state index in [1.807, 2.05) is 10.9 Å². The number of aromatic nitrogens is 4. The third-order valence-corrected chi connectivity index (χ3v) is 4.35. The number of thiophene rings is 1. The van der Waals surface area contributed by atoms with Gasteiger partial charge in [-0.2, -0.15) is 10.1 Å². The van der Waals surface area contributed by atoms with Crippen molar-refractivity contribution in [3.63, 3.8) is 0 Å². The Morgan fingerprint density at radius 2 is 2.19 bits per heavy atom. The van der Waals surface area contributed by atoms with E-state index < -0.39 is 0 Å². The van der Waals surface area contributed by atoms with Crippen LogP contribution in [-0.4, -0.2) is 19.7 Å². The fourth-order valence-electron chi connectivity index (χ4n) is 2.03. The highest BCUT2D eigenvalue weighted by molar-refractivity contribution is 7.18. The van der Waals surface area contributed by atoms with Crippen molar-refractivity contribution in [1.82, 2.24) is 19.7 Å². The number of nitrogens with zero attached hydrogens (tertiary/aromatic N) is 4. The maximum Gasteiger partial charge on any atom is 0.232 e. The number of aryl methyl sites for hydroxylation is 2. The van der Waals surface area contributed by atoms with Gasteiger partial charge in [-0.3, -0.25) is 4.68 Å². The van der Waals surface area contributed by atoms with Crippen LogP contribution in [0.25, 0.3) is 10.2 Å². The Labute approximate surface area is 131 Å². The highest BCUT2D eigenvalue weighted by atomic mass is 35.5. The molecular formula is C14H15ClN4OS. The average Bonchev–Trinajstić information content (AvgIpc) is 3.05. The molecule has 0 radical (unpaired) electrons. The van der Waals surface area contributed by atoms with Gasteiger partial charge in [0.25, 0.3) is 0 Å². The molecule has 3 rings (SSSR count). The van der Waals surface area contributed by atoms with Gasteiger partial charge in [-0.1, -0.05) is 13.8 Å². The summed E-state index contributed by atoms with van der Waals surface area (Å²) in [6, 6.07) is 2.06. The van der Waals surface area contributed by atoms with Crippen LogP contribution in [0.5, 0.6) is 11.6 Å². The van der Waals surface area contributed by atoms with Crippen molar-refractivity contribution in [1.29, 1.82) is 0 Å². The molecule has 0 atom stereocenters. The minimum Gasteiger partial charge on any atom is -0.435 e. The van der Waals surface area contributed by atoms with Crippen molar-refractivity contribution < 1.29 is 4.74 Å². The van der Waals surface area contributed by atoms with E-state index in [0.717, 1.165) is 29.6 Å². The Morgan fingerprint density at radius 3 is 2.95 bits per heavy atom. The van der Waals surface area contributed by atoms with Crippen molar-refractivity contribution in [3.05, 3.63) is 28.6 Å². The fraction of sp³-hybridized carbons (Fsp3) is 0.357. The molecule has 0 spiro atoms. The van der Waals surface area contributed by atoms with Crippen LogP contribution in [-0.2, 0) is 13.0 Å². The molecule has 0 amide bonds. The number of hydrogen-bond donors (Lipinski definition) is 0. The summed E-state index contributed by atoms with van der Waals surface area (Å²) in [5, 5.41) is 5.33. The quantitative estimate of drug-likeness (QED) is 0.657. The molecule has 0 aliphatic carbocycles. The average molecular weight is 323 g/mol. The van der Waals surface area contributed by atoms with Crippen molar-refractivity contribution in [2.45, 2.75) is 33.2 Å². The summed E-state index contributed by atoms with van der Waals surface area (Å²) in [5.41, 5.74) is 0. The molecule has 5 nitrogen and oxygen atoms in total. The van der Waals surface area contributed by atoms with E-state index in [4.69, 9.17) is 16.3 Å². The largest absolute Gasteiger partial charge is 0.435 e. The van der Waals surface area contributed by atoms with Crippen LogP contribution in [0.3, 0.4) is 0 Å². The molecule has 3 aromatic rings. The molecular weight excluding hydrogens is 308 g/mol. The van der Waals surface area contributed by atoms with Gasteiger partial charge in [0.1, 0.15) is 4.83 Å². The third kappa shape index (κ3) is 3.01. The van der Waals surface area contributed by atoms with Gasteiger partial charge >= 0.3 is 0 Å². The smallest absolute Gasteiger partial charge is 0.232 e. The molecule has 3 heterocycles. The van der Waals surface area contributed by atoms with E-state index in [2.05, 4.69) is 35.0 Å². The monoisotopic (exact) mass is 322 g/mol. The minimum atomic E-state index is 0.197. The lowest BCUT2D eigenvalue weighted by Crippen LogP contribution is -1.95. The Kier molecular flexibility index (Phi) is 4.07. The topological polar surface area (TPSA) is 52.8 Å². The molecule has 0 saturated carbocycles. The Balaban J connectivity index is 1.96. The van der Waals surface area contributed by atoms with Crippen molar-refractivity contribution in [3.8, 4) is 11.6 Å². The Morgan fingerprint density at radius 1 is 1.33 bits per heavy atom. The summed E-state index contributed by atoms with van der Waals surface area (Å²) in [6.07, 6.45) is 5.52. The predicted molar refractivity (Wildman–Crippen MR) is 84.4 cm³/mol. The van der Waals surface area contributed by atoms with E-state index in [1.165, 1.54) is 4.88 Å². The molecule has 0 aromatic carbocycles. The fourth-order valence-corrected chi connectivity index (χ4v) is 3.20. The molecule has 0 unspecified atom stereocenters. The second-order valence-corrected chi connectivity index (χ2v) is 6.08. The first-order valence-corrected chi connectivity index (χ1v) is 8.05. The number of hydrogen-bond acceptors (Lipinski definition) is 5. The minimum absolute atomic E-state index is 0.197. The van der Waals surface area contributed by atoms with Gasteiger partial charge in [-0.15, -0.1) is 11.3 Å². The summed E-state index contributed by atoms with van der Waals surface area (Å²) in [7, 11) is 0. The summed E-state index contributed by atoms with van der Waals surface area (Å²) in [6.45, 7) is 5.07. The number of fused-ring (bicyclic) bond motifs is 1. The molecule has 0 aliphatic heterocycles. The first-order valence-electron chi connectivity index (χ1n) is 6.85. The molecule has 21 heavy (non-hydrogen) atoms. The van der Waals surface area contributed by atoms with Crippen molar-refractivity contribution in [2.75, 3.05) is 0 Å². The zero-order chi connectivity index (χ0) is 14.8. The van der Waals surface area contributed by atoms with E-state index >= 15 is 0 Å². The van der Waals surface area contributed by atoms with E-state index in [1.54, 1.807) is 17.5 Å². The van der Waals surface area contributed by atoms with Gasteiger partial charge in [0, 0.05) is 11.4 Å². The van der Waals surface area contributed by atoms with Gasteiger partial charge in [-0.05, 0) is 30.5 Å². The van der Waals surface area contributed by atoms with Gasteiger partial charge in [0.2, 0.25) is 11.2 Å². The van der Waals surface area contributed by atoms with Crippen LogP contribution in [0.1, 0.15) is 25.1 Å². The van der Waals surface area contributed by atoms with Gasteiger partial charge < -0.3 is 4.74 Å². The first-order chi connectivity index (χ1) is 10.2. The zero-order valence-electron chi connectivity index (χ0n) is 11.8. The molecule has 0 bridgehead atoms. The van der Waals surface area contributed by atoms with Crippen LogP contribution in [0.2, 0.25) is 5.28 Å². The normalized spacial score (nSPS) is 11.2. The van der Waals surface area contributed by atoms with E-state index in [-0.39, 0.29) is 5.28 Å². The molecule has 3 aromatic heterocycles. The van der Waals surface area contributed by atoms with Crippen LogP contribution in [0.15, 0.2) is 18.5 Å². The molecule has 0 N–H and O–H groups in total. The third-order valence-electron chi connectivity index (χ3n) is 3.01. The summed E-state index contributed by atoms with van der Waals surface area (Å²) in [4.78, 5) is 10.5. The van der Waals surface area contributed by atoms with E-state index in [9.17, 15) is 0 Å². The van der Waals surface area contributed by atoms with Crippen LogP contribution in [0, 0.1) is 0 Å². The summed E-state index contributed by atoms with van der Waals surface area (Å²) < 4.78 is 7.69. The number of rotatable bonds is 5. The standard InChI is InChI=1S/C14H15ClN4OS/c1-3-5-19-8-9(7-16-19)20-12-11-6-10(4-2)21-13(11)18-14(15)17-12/h6-8H,3-5H2,1-2H3. The highest BCUT2D eigenvalue weighted by Crippen LogP contribution is 2.33. The maximum atomic E-state index is 5.98. The highest BCUT2D eigenvalue weighted by Gasteiger charge is 2.13. The van der Waals surface area contributed by atoms with Crippen LogP contribution < -0.4 is 4.74 Å². The Bertz CT molecular complexity index is 768. The lowest BCUT2D eigenvalue weighted by molar-refractivity contribution is 0.466. The van der Waals surface area contributed by atoms with Gasteiger partial charge in [-0.25, -0.2) is 4.98 Å². The van der Waals surface area contributed by atoms with E-state index in [0.29, 0.717) is 11.6 Å². The molecule has 0 saturated heterocycles. The number of ether oxygens (including phenoxy) is 1. The predicted octanol–water partition coefficient (Wildman–Crippen LogP) is 4.31. The van der Waals surface area contributed by atoms with Gasteiger partial charge in [0.15, 0.2) is 5.75 Å². The molecule has 0 fully saturated rings. The van der Waals surface area contributed by atoms with Crippen molar-refractivity contribution in [2.24, 2.45) is 0 Å². The molecule has 110 valence electrons. The SMILES string of the molecule is CCCn1cc(Oc2nc(Cl)nc3sc(CC)cc23)cn1. The lowest BCUT2D eigenvalue weighted by atomic mass is 10.3. The Hall–Kier alpha value is -1.66. The molecule has 0 aliphatic rings. The van der Waals surface area contributed by atoms with Crippen LogP contribution in [0.4, 0.5) is 0 Å². The summed E-state index contributed by atoms with van der Waals surface area (Å²) >= 11 is 7.59. The van der Waals surface area contributed by atoms with Gasteiger partial charge in [0.05, 0.1) is 17.8 Å². The number of halogens is 1. The maximum absolute atomic E-state index is 5.98. The second-order valence-electron chi connectivity index (χ2n) is 4.62. The lowest BCUT2D eigenvalue weighted by Gasteiger charge is -2.03. The van der Waals surface area contributed by atoms with Crippen LogP contribution >= 0.6 is 22.9 Å². The summed E-state index contributed by atoms with van der Waals surface area (Å²) in [5.74, 6) is 1.14. The molecule has 7 heteroatoms. The van der Waals surface area contributed by atoms with Crippen molar-refractivity contribution >= 4 is 33.2 Å². The second kappa shape index (κ2) is 5.99.